The lowest BCUT2D eigenvalue weighted by Gasteiger charge is -2.28. The second kappa shape index (κ2) is 11.5. The summed E-state index contributed by atoms with van der Waals surface area (Å²) in [6, 6.07) is 14.5. The molecule has 1 N–H and O–H groups in total. The number of carbonyl (C=O) groups excluding carboxylic acids is 1. The minimum Gasteiger partial charge on any atom is -0.490 e. The Morgan fingerprint density at radius 3 is 2.27 bits per heavy atom. The van der Waals surface area contributed by atoms with E-state index in [1.54, 1.807) is 0 Å². The van der Waals surface area contributed by atoms with Gasteiger partial charge in [0.2, 0.25) is 5.91 Å². The minimum absolute atomic E-state index is 0.0574. The van der Waals surface area contributed by atoms with Gasteiger partial charge in [0.15, 0.2) is 11.5 Å². The normalized spacial score (nSPS) is 13.7. The van der Waals surface area contributed by atoms with Gasteiger partial charge in [-0.1, -0.05) is 18.2 Å². The number of hydrogen-bond donors (Lipinski definition) is 1. The summed E-state index contributed by atoms with van der Waals surface area (Å²) in [6.45, 7) is 7.94. The van der Waals surface area contributed by atoms with E-state index in [1.807, 2.05) is 32.0 Å². The van der Waals surface area contributed by atoms with Gasteiger partial charge in [0.25, 0.3) is 0 Å². The van der Waals surface area contributed by atoms with Crippen LogP contribution in [0, 0.1) is 0 Å². The molecule has 0 atom stereocenters. The number of nitrogens with zero attached hydrogens (tertiary/aromatic N) is 1. The van der Waals surface area contributed by atoms with Crippen LogP contribution in [0.25, 0.3) is 0 Å². The molecule has 3 rings (SSSR count). The zero-order chi connectivity index (χ0) is 21.2. The van der Waals surface area contributed by atoms with E-state index in [0.29, 0.717) is 32.6 Å². The largest absolute Gasteiger partial charge is 0.490 e. The van der Waals surface area contributed by atoms with Crippen molar-refractivity contribution in [2.45, 2.75) is 52.5 Å². The molecule has 162 valence electrons. The Hall–Kier alpha value is -2.69. The van der Waals surface area contributed by atoms with Crippen LogP contribution in [0.1, 0.15) is 50.7 Å². The Morgan fingerprint density at radius 1 is 0.900 bits per heavy atom. The third-order valence-corrected chi connectivity index (χ3v) is 5.40. The maximum absolute atomic E-state index is 12.3. The molecular weight excluding hydrogens is 376 g/mol. The predicted molar refractivity (Wildman–Crippen MR) is 121 cm³/mol. The zero-order valence-electron chi connectivity index (χ0n) is 18.3. The van der Waals surface area contributed by atoms with Gasteiger partial charge in [-0.15, -0.1) is 0 Å². The van der Waals surface area contributed by atoms with Crippen LogP contribution in [0.4, 0.5) is 5.69 Å². The Morgan fingerprint density at radius 2 is 1.57 bits per heavy atom. The van der Waals surface area contributed by atoms with Crippen LogP contribution in [0.3, 0.4) is 0 Å². The van der Waals surface area contributed by atoms with Crippen molar-refractivity contribution in [3.8, 4) is 11.5 Å². The fourth-order valence-corrected chi connectivity index (χ4v) is 3.77. The van der Waals surface area contributed by atoms with E-state index < -0.39 is 0 Å². The molecule has 5 nitrogen and oxygen atoms in total. The zero-order valence-corrected chi connectivity index (χ0v) is 18.3. The van der Waals surface area contributed by atoms with Gasteiger partial charge in [0.1, 0.15) is 0 Å². The third kappa shape index (κ3) is 6.41. The summed E-state index contributed by atoms with van der Waals surface area (Å²) >= 11 is 0. The Bertz CT molecular complexity index is 799. The quantitative estimate of drug-likeness (QED) is 0.616. The second-order valence-corrected chi connectivity index (χ2v) is 7.64. The van der Waals surface area contributed by atoms with Crippen molar-refractivity contribution in [1.82, 2.24) is 5.32 Å². The van der Waals surface area contributed by atoms with Crippen LogP contribution in [0.15, 0.2) is 42.5 Å². The SMILES string of the molecule is CCOc1ccc(CCC(=O)NCc2ccc(N3CCCCC3)cc2)cc1OCC. The van der Waals surface area contributed by atoms with E-state index in [2.05, 4.69) is 34.5 Å². The number of ether oxygens (including phenoxy) is 2. The number of hydrogen-bond acceptors (Lipinski definition) is 4. The summed E-state index contributed by atoms with van der Waals surface area (Å²) in [5, 5.41) is 3.03. The van der Waals surface area contributed by atoms with Crippen LogP contribution in [-0.4, -0.2) is 32.2 Å². The van der Waals surface area contributed by atoms with Crippen molar-refractivity contribution >= 4 is 11.6 Å². The summed E-state index contributed by atoms with van der Waals surface area (Å²) in [7, 11) is 0. The van der Waals surface area contributed by atoms with Crippen molar-refractivity contribution in [1.29, 1.82) is 0 Å². The van der Waals surface area contributed by atoms with Crippen LogP contribution in [0.2, 0.25) is 0 Å². The summed E-state index contributed by atoms with van der Waals surface area (Å²) < 4.78 is 11.3. The fraction of sp³-hybridized carbons (Fsp3) is 0.480. The number of piperidine rings is 1. The van der Waals surface area contributed by atoms with Gasteiger partial charge in [-0.2, -0.15) is 0 Å². The molecule has 1 aliphatic heterocycles. The molecule has 1 aliphatic rings. The monoisotopic (exact) mass is 410 g/mol. The lowest BCUT2D eigenvalue weighted by Crippen LogP contribution is -2.29. The van der Waals surface area contributed by atoms with Crippen molar-refractivity contribution in [3.05, 3.63) is 53.6 Å². The van der Waals surface area contributed by atoms with Gasteiger partial charge < -0.3 is 19.7 Å². The molecule has 1 saturated heterocycles. The molecule has 1 heterocycles. The first-order chi connectivity index (χ1) is 14.7. The number of aryl methyl sites for hydroxylation is 1. The van der Waals surface area contributed by atoms with Gasteiger partial charge in [-0.25, -0.2) is 0 Å². The molecule has 0 saturated carbocycles. The molecule has 0 aliphatic carbocycles. The second-order valence-electron chi connectivity index (χ2n) is 7.64. The van der Waals surface area contributed by atoms with E-state index in [1.165, 1.54) is 24.9 Å². The molecule has 1 amide bonds. The van der Waals surface area contributed by atoms with Crippen molar-refractivity contribution in [2.24, 2.45) is 0 Å². The van der Waals surface area contributed by atoms with E-state index in [-0.39, 0.29) is 5.91 Å². The van der Waals surface area contributed by atoms with Crippen LogP contribution < -0.4 is 19.7 Å². The molecule has 2 aromatic carbocycles. The Kier molecular flexibility index (Phi) is 8.42. The van der Waals surface area contributed by atoms with Crippen LogP contribution >= 0.6 is 0 Å². The first-order valence-corrected chi connectivity index (χ1v) is 11.2. The smallest absolute Gasteiger partial charge is 0.220 e. The van der Waals surface area contributed by atoms with Crippen LogP contribution in [0.5, 0.6) is 11.5 Å². The fourth-order valence-electron chi connectivity index (χ4n) is 3.77. The van der Waals surface area contributed by atoms with Crippen molar-refractivity contribution in [2.75, 3.05) is 31.2 Å². The first-order valence-electron chi connectivity index (χ1n) is 11.2. The average Bonchev–Trinajstić information content (AvgIpc) is 2.79. The molecule has 0 bridgehead atoms. The van der Waals surface area contributed by atoms with Crippen LogP contribution in [-0.2, 0) is 17.8 Å². The highest BCUT2D eigenvalue weighted by Crippen LogP contribution is 2.29. The molecule has 5 heteroatoms. The van der Waals surface area contributed by atoms with Gasteiger partial charge >= 0.3 is 0 Å². The van der Waals surface area contributed by atoms with E-state index in [9.17, 15) is 4.79 Å². The standard InChI is InChI=1S/C25H34N2O3/c1-3-29-23-14-10-20(18-24(23)30-4-2)11-15-25(28)26-19-21-8-12-22(13-9-21)27-16-6-5-7-17-27/h8-10,12-14,18H,3-7,11,15-17,19H2,1-2H3,(H,26,28). The number of anilines is 1. The molecule has 1 fully saturated rings. The number of nitrogens with one attached hydrogen (secondary N) is 1. The van der Waals surface area contributed by atoms with Crippen molar-refractivity contribution < 1.29 is 14.3 Å². The topological polar surface area (TPSA) is 50.8 Å². The molecule has 0 unspecified atom stereocenters. The number of rotatable bonds is 10. The Labute approximate surface area is 180 Å². The first kappa shape index (κ1) is 22.0. The van der Waals surface area contributed by atoms with E-state index in [0.717, 1.165) is 35.7 Å². The molecule has 30 heavy (non-hydrogen) atoms. The van der Waals surface area contributed by atoms with E-state index in [4.69, 9.17) is 9.47 Å². The van der Waals surface area contributed by atoms with Gasteiger partial charge in [0, 0.05) is 31.7 Å². The third-order valence-electron chi connectivity index (χ3n) is 5.40. The molecule has 0 aromatic heterocycles. The summed E-state index contributed by atoms with van der Waals surface area (Å²) in [5.74, 6) is 1.55. The highest BCUT2D eigenvalue weighted by Gasteiger charge is 2.11. The number of benzene rings is 2. The predicted octanol–water partition coefficient (Wildman–Crippen LogP) is 4.72. The molecule has 2 aromatic rings. The maximum atomic E-state index is 12.3. The highest BCUT2D eigenvalue weighted by molar-refractivity contribution is 5.76. The summed E-state index contributed by atoms with van der Waals surface area (Å²) in [4.78, 5) is 14.8. The maximum Gasteiger partial charge on any atom is 0.220 e. The summed E-state index contributed by atoms with van der Waals surface area (Å²) in [6.07, 6.45) is 5.01. The van der Waals surface area contributed by atoms with Gasteiger partial charge in [0.05, 0.1) is 13.2 Å². The lowest BCUT2D eigenvalue weighted by atomic mass is 10.1. The number of carbonyl (C=O) groups is 1. The molecular formula is C25H34N2O3. The molecule has 0 radical (unpaired) electrons. The lowest BCUT2D eigenvalue weighted by molar-refractivity contribution is -0.121. The summed E-state index contributed by atoms with van der Waals surface area (Å²) in [5.41, 5.74) is 3.48. The highest BCUT2D eigenvalue weighted by atomic mass is 16.5. The molecule has 0 spiro atoms. The Balaban J connectivity index is 1.46. The van der Waals surface area contributed by atoms with Gasteiger partial charge in [-0.05, 0) is 74.9 Å². The average molecular weight is 411 g/mol. The van der Waals surface area contributed by atoms with E-state index >= 15 is 0 Å². The van der Waals surface area contributed by atoms with Crippen molar-refractivity contribution in [3.63, 3.8) is 0 Å². The minimum atomic E-state index is 0.0574. The number of amides is 1. The van der Waals surface area contributed by atoms with Gasteiger partial charge in [-0.3, -0.25) is 4.79 Å².